The fourth-order valence-electron chi connectivity index (χ4n) is 3.11. The third kappa shape index (κ3) is 7.60. The van der Waals surface area contributed by atoms with Crippen LogP contribution >= 0.6 is 0 Å². The number of nitrogens with zero attached hydrogens (tertiary/aromatic N) is 2. The molecule has 0 aliphatic carbocycles. The molecule has 3 N–H and O–H groups in total. The summed E-state index contributed by atoms with van der Waals surface area (Å²) in [7, 11) is 0. The zero-order valence-electron chi connectivity index (χ0n) is 19.0. The van der Waals surface area contributed by atoms with Crippen molar-refractivity contribution in [2.75, 3.05) is 6.61 Å². The zero-order chi connectivity index (χ0) is 24.5. The van der Waals surface area contributed by atoms with Gasteiger partial charge in [0.1, 0.15) is 17.5 Å². The number of ether oxygens (including phenoxy) is 1. The number of rotatable bonds is 10. The molecule has 0 fully saturated rings. The maximum atomic E-state index is 12.6. The van der Waals surface area contributed by atoms with Crippen molar-refractivity contribution in [2.24, 2.45) is 11.0 Å². The second-order valence-corrected chi connectivity index (χ2v) is 7.99. The molecule has 0 bridgehead atoms. The maximum Gasteiger partial charge on any atom is 0.270 e. The quantitative estimate of drug-likeness (QED) is 0.285. The number of aromatic hydroxyl groups is 1. The van der Waals surface area contributed by atoms with Crippen LogP contribution in [0, 0.1) is 29.9 Å². The number of phenolic OH excluding ortho intramolecular Hbond substituents is 1. The van der Waals surface area contributed by atoms with E-state index in [0.717, 1.165) is 29.5 Å². The average Bonchev–Trinajstić information content (AvgIpc) is 2.73. The van der Waals surface area contributed by atoms with Crippen LogP contribution in [0.25, 0.3) is 0 Å². The molecule has 0 saturated heterocycles. The zero-order valence-corrected chi connectivity index (χ0v) is 19.0. The Balaban J connectivity index is 2.01. The Morgan fingerprint density at radius 1 is 1.21 bits per heavy atom. The highest BCUT2D eigenvalue weighted by molar-refractivity contribution is 5.90. The minimum Gasteiger partial charge on any atom is -0.507 e. The summed E-state index contributed by atoms with van der Waals surface area (Å²) in [5.74, 6) is -0.525. The Morgan fingerprint density at radius 2 is 1.88 bits per heavy atom. The van der Waals surface area contributed by atoms with Gasteiger partial charge in [-0.05, 0) is 43.4 Å². The second-order valence-electron chi connectivity index (χ2n) is 7.99. The third-order valence-corrected chi connectivity index (χ3v) is 4.72. The SMILES string of the molecule is Cc1cccc(C)c1OCC(=O)N[C@@H](CC(C)C)C(=O)N/N=C\c1cc([N+](=O)[O-])ccc1O. The van der Waals surface area contributed by atoms with Crippen LogP contribution in [0.15, 0.2) is 41.5 Å². The topological polar surface area (TPSA) is 143 Å². The smallest absolute Gasteiger partial charge is 0.270 e. The number of amides is 2. The number of carbonyl (C=O) groups excluding carboxylic acids is 2. The molecule has 0 unspecified atom stereocenters. The minimum atomic E-state index is -0.866. The van der Waals surface area contributed by atoms with E-state index >= 15 is 0 Å². The average molecular weight is 456 g/mol. The Hall–Kier alpha value is -3.95. The van der Waals surface area contributed by atoms with Gasteiger partial charge in [0, 0.05) is 17.7 Å². The third-order valence-electron chi connectivity index (χ3n) is 4.72. The Bertz CT molecular complexity index is 1030. The van der Waals surface area contributed by atoms with E-state index in [1.807, 2.05) is 45.9 Å². The lowest BCUT2D eigenvalue weighted by Gasteiger charge is -2.19. The summed E-state index contributed by atoms with van der Waals surface area (Å²) in [6, 6.07) is 8.24. The van der Waals surface area contributed by atoms with Crippen LogP contribution in [0.4, 0.5) is 5.69 Å². The van der Waals surface area contributed by atoms with E-state index in [0.29, 0.717) is 12.2 Å². The Kier molecular flexibility index (Phi) is 8.90. The molecular weight excluding hydrogens is 428 g/mol. The molecule has 33 heavy (non-hydrogen) atoms. The summed E-state index contributed by atoms with van der Waals surface area (Å²) in [5.41, 5.74) is 3.94. The van der Waals surface area contributed by atoms with E-state index in [1.54, 1.807) is 0 Å². The number of nitro groups is 1. The van der Waals surface area contributed by atoms with E-state index in [-0.39, 0.29) is 29.5 Å². The van der Waals surface area contributed by atoms with Gasteiger partial charge < -0.3 is 15.2 Å². The second kappa shape index (κ2) is 11.6. The summed E-state index contributed by atoms with van der Waals surface area (Å²) in [5, 5.41) is 27.1. The van der Waals surface area contributed by atoms with E-state index in [9.17, 15) is 24.8 Å². The minimum absolute atomic E-state index is 0.0657. The lowest BCUT2D eigenvalue weighted by atomic mass is 10.0. The van der Waals surface area contributed by atoms with Crippen LogP contribution in [-0.4, -0.2) is 40.7 Å². The summed E-state index contributed by atoms with van der Waals surface area (Å²) < 4.78 is 5.64. The molecule has 0 radical (unpaired) electrons. The largest absolute Gasteiger partial charge is 0.507 e. The Morgan fingerprint density at radius 3 is 2.48 bits per heavy atom. The van der Waals surface area contributed by atoms with E-state index in [1.165, 1.54) is 6.07 Å². The molecule has 0 aromatic heterocycles. The standard InChI is InChI=1S/C23H28N4O6/c1-14(2)10-19(25-21(29)13-33-22-15(3)6-5-7-16(22)4)23(30)26-24-12-17-11-18(27(31)32)8-9-20(17)28/h5-9,11-12,14,19,28H,10,13H2,1-4H3,(H,25,29)(H,26,30)/b24-12-/t19-/m0/s1. The van der Waals surface area contributed by atoms with Gasteiger partial charge in [0.25, 0.3) is 17.5 Å². The first-order chi connectivity index (χ1) is 15.6. The number of aryl methyl sites for hydroxylation is 2. The van der Waals surface area contributed by atoms with Crippen LogP contribution in [0.5, 0.6) is 11.5 Å². The van der Waals surface area contributed by atoms with Crippen molar-refractivity contribution in [3.8, 4) is 11.5 Å². The lowest BCUT2D eigenvalue weighted by Crippen LogP contribution is -2.47. The first-order valence-corrected chi connectivity index (χ1v) is 10.4. The molecule has 10 nitrogen and oxygen atoms in total. The highest BCUT2D eigenvalue weighted by atomic mass is 16.6. The summed E-state index contributed by atoms with van der Waals surface area (Å²) in [6.45, 7) is 7.32. The number of phenols is 1. The number of benzene rings is 2. The monoisotopic (exact) mass is 456 g/mol. The molecule has 176 valence electrons. The van der Waals surface area contributed by atoms with Gasteiger partial charge >= 0.3 is 0 Å². The van der Waals surface area contributed by atoms with Crippen LogP contribution in [0.2, 0.25) is 0 Å². The van der Waals surface area contributed by atoms with Crippen LogP contribution in [0.1, 0.15) is 37.0 Å². The highest BCUT2D eigenvalue weighted by Gasteiger charge is 2.22. The molecule has 10 heteroatoms. The first-order valence-electron chi connectivity index (χ1n) is 10.4. The molecule has 2 rings (SSSR count). The van der Waals surface area contributed by atoms with Crippen LogP contribution < -0.4 is 15.5 Å². The number of nitrogens with one attached hydrogen (secondary N) is 2. The molecule has 0 aliphatic rings. The Labute approximate surface area is 191 Å². The fraction of sp³-hybridized carbons (Fsp3) is 0.348. The van der Waals surface area contributed by atoms with Gasteiger partial charge in [-0.2, -0.15) is 5.10 Å². The van der Waals surface area contributed by atoms with Gasteiger partial charge in [-0.15, -0.1) is 0 Å². The number of para-hydroxylation sites is 1. The molecule has 2 aromatic rings. The molecule has 2 aromatic carbocycles. The number of hydrogen-bond donors (Lipinski definition) is 3. The lowest BCUT2D eigenvalue weighted by molar-refractivity contribution is -0.384. The van der Waals surface area contributed by atoms with E-state index < -0.39 is 22.8 Å². The van der Waals surface area contributed by atoms with Crippen LogP contribution in [-0.2, 0) is 9.59 Å². The predicted molar refractivity (Wildman–Crippen MR) is 123 cm³/mol. The normalized spacial score (nSPS) is 11.9. The van der Waals surface area contributed by atoms with Crippen molar-refractivity contribution in [1.29, 1.82) is 0 Å². The van der Waals surface area contributed by atoms with Crippen molar-refractivity contribution in [3.05, 3.63) is 63.2 Å². The van der Waals surface area contributed by atoms with E-state index in [4.69, 9.17) is 4.74 Å². The maximum absolute atomic E-state index is 12.6. The van der Waals surface area contributed by atoms with Crippen molar-refractivity contribution in [1.82, 2.24) is 10.7 Å². The van der Waals surface area contributed by atoms with Gasteiger partial charge in [-0.3, -0.25) is 19.7 Å². The van der Waals surface area contributed by atoms with Crippen molar-refractivity contribution in [2.45, 2.75) is 40.2 Å². The molecule has 2 amide bonds. The molecule has 0 heterocycles. The van der Waals surface area contributed by atoms with Crippen LogP contribution in [0.3, 0.4) is 0 Å². The summed E-state index contributed by atoms with van der Waals surface area (Å²) in [6.07, 6.45) is 1.46. The molecular formula is C23H28N4O6. The van der Waals surface area contributed by atoms with Gasteiger partial charge in [0.15, 0.2) is 6.61 Å². The molecule has 0 spiro atoms. The molecule has 1 atom stereocenters. The van der Waals surface area contributed by atoms with Crippen molar-refractivity contribution in [3.63, 3.8) is 0 Å². The van der Waals surface area contributed by atoms with E-state index in [2.05, 4.69) is 15.8 Å². The van der Waals surface area contributed by atoms with Crippen molar-refractivity contribution >= 4 is 23.7 Å². The molecule has 0 saturated carbocycles. The first kappa shape index (κ1) is 25.3. The number of nitro benzene ring substituents is 1. The van der Waals surface area contributed by atoms with Gasteiger partial charge in [0.05, 0.1) is 11.1 Å². The van der Waals surface area contributed by atoms with Gasteiger partial charge in [0.2, 0.25) is 0 Å². The molecule has 0 aliphatic heterocycles. The number of hydrogen-bond acceptors (Lipinski definition) is 7. The number of non-ortho nitro benzene ring substituents is 1. The van der Waals surface area contributed by atoms with Crippen molar-refractivity contribution < 1.29 is 24.4 Å². The fourth-order valence-corrected chi connectivity index (χ4v) is 3.11. The number of hydrazone groups is 1. The van der Waals surface area contributed by atoms with Gasteiger partial charge in [-0.25, -0.2) is 5.43 Å². The summed E-state index contributed by atoms with van der Waals surface area (Å²) in [4.78, 5) is 35.3. The number of carbonyl (C=O) groups is 2. The van der Waals surface area contributed by atoms with Gasteiger partial charge in [-0.1, -0.05) is 32.0 Å². The predicted octanol–water partition coefficient (Wildman–Crippen LogP) is 2.98. The summed E-state index contributed by atoms with van der Waals surface area (Å²) >= 11 is 0. The highest BCUT2D eigenvalue weighted by Crippen LogP contribution is 2.22.